The molecule has 0 aliphatic rings. The molecule has 9 heteroatoms. The van der Waals surface area contributed by atoms with Crippen LogP contribution in [-0.2, 0) is 10.2 Å². The molecule has 30 heavy (non-hydrogen) atoms. The predicted octanol–water partition coefficient (Wildman–Crippen LogP) is 5.83. The molecule has 2 aromatic rings. The van der Waals surface area contributed by atoms with Crippen molar-refractivity contribution in [2.24, 2.45) is 5.73 Å². The van der Waals surface area contributed by atoms with Crippen LogP contribution in [-0.4, -0.2) is 30.9 Å². The summed E-state index contributed by atoms with van der Waals surface area (Å²) in [4.78, 5) is 11.2. The predicted molar refractivity (Wildman–Crippen MR) is 116 cm³/mol. The largest absolute Gasteiger partial charge is 0.490 e. The number of ketones is 1. The highest BCUT2D eigenvalue weighted by Crippen LogP contribution is 2.41. The minimum absolute atomic E-state index is 0.152. The van der Waals surface area contributed by atoms with E-state index in [0.29, 0.717) is 34.7 Å². The molecule has 0 saturated heterocycles. The lowest BCUT2D eigenvalue weighted by Gasteiger charge is -2.27. The highest BCUT2D eigenvalue weighted by molar-refractivity contribution is 6.37. The maximum atomic E-state index is 13.6. The van der Waals surface area contributed by atoms with Crippen LogP contribution in [0.25, 0.3) is 0 Å². The number of rotatable bonds is 10. The van der Waals surface area contributed by atoms with Crippen LogP contribution in [0.2, 0.25) is 10.0 Å². The van der Waals surface area contributed by atoms with E-state index in [1.165, 1.54) is 12.1 Å². The number of hydrogen-bond donors (Lipinski definition) is 1. The standard InChI is InChI=1S/C21H22Cl3F2NO3/c1-20(2,14-10-16(23)19(17(24)11-14)29-9-3-8-22)13-4-6-15(7-5-13)30-21(25,26)18(28)12-27/h4-7,10-11H,3,8-9,12,27H2,1-2H3. The summed E-state index contributed by atoms with van der Waals surface area (Å²) in [6.07, 6.45) is -3.32. The van der Waals surface area contributed by atoms with Crippen molar-refractivity contribution < 1.29 is 23.0 Å². The molecule has 0 radical (unpaired) electrons. The van der Waals surface area contributed by atoms with Gasteiger partial charge in [-0.15, -0.1) is 11.6 Å². The number of ether oxygens (including phenoxy) is 2. The number of nitrogens with two attached hydrogens (primary N) is 1. The van der Waals surface area contributed by atoms with Crippen LogP contribution >= 0.6 is 34.8 Å². The summed E-state index contributed by atoms with van der Waals surface area (Å²) in [6, 6.07) is 9.49. The summed E-state index contributed by atoms with van der Waals surface area (Å²) in [6.45, 7) is 3.45. The minimum atomic E-state index is -3.98. The number of carbonyl (C=O) groups excluding carboxylic acids is 1. The molecular formula is C21H22Cl3F2NO3. The molecule has 0 spiro atoms. The first-order chi connectivity index (χ1) is 14.0. The molecule has 0 atom stereocenters. The van der Waals surface area contributed by atoms with Crippen molar-refractivity contribution in [3.05, 3.63) is 57.6 Å². The maximum Gasteiger partial charge on any atom is 0.462 e. The molecule has 0 aliphatic carbocycles. The Balaban J connectivity index is 2.25. The molecule has 4 nitrogen and oxygen atoms in total. The normalized spacial score (nSPS) is 12.0. The first-order valence-corrected chi connectivity index (χ1v) is 10.4. The molecule has 0 bridgehead atoms. The fraction of sp³-hybridized carbons (Fsp3) is 0.381. The van der Waals surface area contributed by atoms with E-state index in [2.05, 4.69) is 4.74 Å². The average Bonchev–Trinajstić information content (AvgIpc) is 2.69. The Morgan fingerprint density at radius 3 is 2.13 bits per heavy atom. The SMILES string of the molecule is CC(C)(c1ccc(OC(F)(F)C(=O)CN)cc1)c1cc(Cl)c(OCCCCl)c(Cl)c1. The van der Waals surface area contributed by atoms with Gasteiger partial charge in [0.15, 0.2) is 5.75 Å². The Morgan fingerprint density at radius 2 is 1.63 bits per heavy atom. The molecule has 0 saturated carbocycles. The summed E-state index contributed by atoms with van der Waals surface area (Å²) in [5.41, 5.74) is 6.02. The van der Waals surface area contributed by atoms with Crippen molar-refractivity contribution >= 4 is 40.6 Å². The van der Waals surface area contributed by atoms with E-state index in [4.69, 9.17) is 45.3 Å². The summed E-state index contributed by atoms with van der Waals surface area (Å²) < 4.78 is 37.4. The topological polar surface area (TPSA) is 61.5 Å². The number of halogens is 5. The Hall–Kier alpha value is -1.60. The summed E-state index contributed by atoms with van der Waals surface area (Å²) in [5.74, 6) is -0.796. The molecule has 0 unspecified atom stereocenters. The van der Waals surface area contributed by atoms with Crippen LogP contribution in [0.4, 0.5) is 8.78 Å². The molecule has 0 amide bonds. The first kappa shape index (κ1) is 24.7. The maximum absolute atomic E-state index is 13.6. The summed E-state index contributed by atoms with van der Waals surface area (Å²) in [5, 5.41) is 0.722. The van der Waals surface area contributed by atoms with E-state index in [1.54, 1.807) is 24.3 Å². The van der Waals surface area contributed by atoms with Gasteiger partial charge in [-0.3, -0.25) is 4.79 Å². The minimum Gasteiger partial charge on any atom is -0.490 e. The number of Topliss-reactive ketones (excluding diaryl/α,β-unsaturated/α-hetero) is 1. The zero-order valence-corrected chi connectivity index (χ0v) is 18.8. The lowest BCUT2D eigenvalue weighted by atomic mass is 9.78. The van der Waals surface area contributed by atoms with Crippen molar-refractivity contribution in [2.75, 3.05) is 19.0 Å². The van der Waals surface area contributed by atoms with Crippen LogP contribution in [0.1, 0.15) is 31.4 Å². The Morgan fingerprint density at radius 1 is 1.07 bits per heavy atom. The molecule has 0 fully saturated rings. The van der Waals surface area contributed by atoms with Crippen molar-refractivity contribution in [2.45, 2.75) is 31.8 Å². The highest BCUT2D eigenvalue weighted by atomic mass is 35.5. The lowest BCUT2D eigenvalue weighted by molar-refractivity contribution is -0.188. The zero-order valence-electron chi connectivity index (χ0n) is 16.5. The van der Waals surface area contributed by atoms with Gasteiger partial charge < -0.3 is 15.2 Å². The molecule has 2 aromatic carbocycles. The van der Waals surface area contributed by atoms with Crippen molar-refractivity contribution in [3.63, 3.8) is 0 Å². The molecule has 2 rings (SSSR count). The van der Waals surface area contributed by atoms with Gasteiger partial charge in [-0.1, -0.05) is 49.2 Å². The summed E-state index contributed by atoms with van der Waals surface area (Å²) in [7, 11) is 0. The van der Waals surface area contributed by atoms with Gasteiger partial charge >= 0.3 is 6.11 Å². The van der Waals surface area contributed by atoms with E-state index >= 15 is 0 Å². The Labute approximate surface area is 189 Å². The van der Waals surface area contributed by atoms with E-state index in [0.717, 1.165) is 11.1 Å². The third kappa shape index (κ3) is 5.76. The van der Waals surface area contributed by atoms with Gasteiger partial charge in [-0.2, -0.15) is 8.78 Å². The van der Waals surface area contributed by atoms with Crippen molar-refractivity contribution in [1.29, 1.82) is 0 Å². The average molecular weight is 481 g/mol. The molecule has 0 heterocycles. The van der Waals surface area contributed by atoms with Gasteiger partial charge in [0.1, 0.15) is 5.75 Å². The fourth-order valence-corrected chi connectivity index (χ4v) is 3.42. The van der Waals surface area contributed by atoms with E-state index in [9.17, 15) is 13.6 Å². The number of benzene rings is 2. The van der Waals surface area contributed by atoms with Crippen LogP contribution in [0, 0.1) is 0 Å². The van der Waals surface area contributed by atoms with Gasteiger partial charge in [0, 0.05) is 11.3 Å². The number of carbonyl (C=O) groups is 1. The second-order valence-electron chi connectivity index (χ2n) is 7.06. The molecule has 2 N–H and O–H groups in total. The third-order valence-corrected chi connectivity index (χ3v) is 5.41. The molecule has 164 valence electrons. The van der Waals surface area contributed by atoms with Crippen molar-refractivity contribution in [3.8, 4) is 11.5 Å². The summed E-state index contributed by atoms with van der Waals surface area (Å²) >= 11 is 18.4. The van der Waals surface area contributed by atoms with E-state index in [1.807, 2.05) is 13.8 Å². The molecule has 0 aromatic heterocycles. The van der Waals surface area contributed by atoms with Gasteiger partial charge in [0.05, 0.1) is 23.2 Å². The van der Waals surface area contributed by atoms with E-state index < -0.39 is 23.9 Å². The molecule has 0 aliphatic heterocycles. The monoisotopic (exact) mass is 479 g/mol. The zero-order chi connectivity index (χ0) is 22.5. The van der Waals surface area contributed by atoms with Crippen LogP contribution in [0.15, 0.2) is 36.4 Å². The second-order valence-corrected chi connectivity index (χ2v) is 8.25. The molecular weight excluding hydrogens is 459 g/mol. The highest BCUT2D eigenvalue weighted by Gasteiger charge is 2.40. The fourth-order valence-electron chi connectivity index (χ4n) is 2.72. The number of hydrogen-bond acceptors (Lipinski definition) is 4. The Bertz CT molecular complexity index is 867. The van der Waals surface area contributed by atoms with Gasteiger partial charge in [-0.05, 0) is 41.8 Å². The quantitative estimate of drug-likeness (QED) is 0.343. The van der Waals surface area contributed by atoms with Crippen LogP contribution < -0.4 is 15.2 Å². The third-order valence-electron chi connectivity index (χ3n) is 4.58. The second kappa shape index (κ2) is 10.1. The lowest BCUT2D eigenvalue weighted by Crippen LogP contribution is -2.39. The first-order valence-electron chi connectivity index (χ1n) is 9.12. The Kier molecular flexibility index (Phi) is 8.34. The van der Waals surface area contributed by atoms with Crippen LogP contribution in [0.3, 0.4) is 0 Å². The van der Waals surface area contributed by atoms with E-state index in [-0.39, 0.29) is 5.75 Å². The van der Waals surface area contributed by atoms with Crippen LogP contribution in [0.5, 0.6) is 11.5 Å². The van der Waals surface area contributed by atoms with Gasteiger partial charge in [0.25, 0.3) is 5.78 Å². The van der Waals surface area contributed by atoms with Gasteiger partial charge in [-0.25, -0.2) is 0 Å². The van der Waals surface area contributed by atoms with Gasteiger partial charge in [0.2, 0.25) is 0 Å². The number of alkyl halides is 3. The smallest absolute Gasteiger partial charge is 0.462 e. The van der Waals surface area contributed by atoms with Crippen molar-refractivity contribution in [1.82, 2.24) is 0 Å².